The highest BCUT2D eigenvalue weighted by atomic mass is 19.1. The molecule has 0 N–H and O–H groups in total. The van der Waals surface area contributed by atoms with Crippen LogP contribution < -0.4 is 9.64 Å². The Morgan fingerprint density at radius 1 is 1.21 bits per heavy atom. The van der Waals surface area contributed by atoms with Gasteiger partial charge in [0, 0.05) is 25.4 Å². The second kappa shape index (κ2) is 6.26. The Morgan fingerprint density at radius 2 is 2.04 bits per heavy atom. The van der Waals surface area contributed by atoms with Gasteiger partial charge >= 0.3 is 0 Å². The number of imidazole rings is 1. The maximum atomic E-state index is 12.5. The first-order valence-electron chi connectivity index (χ1n) is 8.42. The van der Waals surface area contributed by atoms with Gasteiger partial charge in [0.05, 0.1) is 24.8 Å². The van der Waals surface area contributed by atoms with Crippen molar-refractivity contribution in [3.8, 4) is 5.75 Å². The number of ether oxygens (including phenoxy) is 1. The molecule has 1 saturated heterocycles. The molecule has 1 aliphatic rings. The van der Waals surface area contributed by atoms with Gasteiger partial charge in [0.2, 0.25) is 5.78 Å². The molecule has 0 saturated carbocycles. The van der Waals surface area contributed by atoms with Crippen LogP contribution in [0.5, 0.6) is 5.75 Å². The molecule has 2 aromatic heterocycles. The number of methoxy groups -OCH3 is 1. The van der Waals surface area contributed by atoms with Crippen molar-refractivity contribution in [2.24, 2.45) is 5.92 Å². The topological polar surface area (TPSA) is 42.7 Å². The summed E-state index contributed by atoms with van der Waals surface area (Å²) in [5.41, 5.74) is 1.90. The highest BCUT2D eigenvalue weighted by molar-refractivity contribution is 5.81. The molecule has 1 fully saturated rings. The second-order valence-electron chi connectivity index (χ2n) is 6.33. The van der Waals surface area contributed by atoms with Crippen molar-refractivity contribution in [3.05, 3.63) is 30.5 Å². The zero-order valence-electron chi connectivity index (χ0n) is 13.8. The number of halogens is 1. The normalized spacial score (nSPS) is 16.2. The number of aromatic nitrogens is 3. The summed E-state index contributed by atoms with van der Waals surface area (Å²) in [6.45, 7) is 1.66. The number of hydrogen-bond acceptors (Lipinski definition) is 4. The Balaban J connectivity index is 1.62. The molecule has 0 aliphatic carbocycles. The van der Waals surface area contributed by atoms with E-state index in [1.54, 1.807) is 7.11 Å². The van der Waals surface area contributed by atoms with Gasteiger partial charge in [-0.1, -0.05) is 0 Å². The highest BCUT2D eigenvalue weighted by Gasteiger charge is 2.20. The number of rotatable bonds is 4. The monoisotopic (exact) mass is 328 g/mol. The van der Waals surface area contributed by atoms with E-state index in [0.717, 1.165) is 48.5 Å². The molecule has 0 amide bonds. The molecule has 0 radical (unpaired) electrons. The fraction of sp³-hybridized carbons (Fsp3) is 0.444. The Hall–Kier alpha value is -2.37. The number of alkyl halides is 1. The summed E-state index contributed by atoms with van der Waals surface area (Å²) in [5, 5.41) is 0. The molecule has 5 nitrogen and oxygen atoms in total. The molecule has 3 heterocycles. The number of nitrogens with zero attached hydrogens (tertiary/aromatic N) is 4. The fourth-order valence-corrected chi connectivity index (χ4v) is 3.48. The smallest absolute Gasteiger partial charge is 0.236 e. The third-order valence-corrected chi connectivity index (χ3v) is 4.92. The van der Waals surface area contributed by atoms with Gasteiger partial charge in [-0.2, -0.15) is 4.98 Å². The van der Waals surface area contributed by atoms with Crippen LogP contribution in [0.4, 0.5) is 10.2 Å². The Morgan fingerprint density at radius 3 is 2.79 bits per heavy atom. The largest absolute Gasteiger partial charge is 0.497 e. The average Bonchev–Trinajstić information content (AvgIpc) is 2.99. The summed E-state index contributed by atoms with van der Waals surface area (Å²) in [5.74, 6) is 2.95. The fourth-order valence-electron chi connectivity index (χ4n) is 3.48. The minimum Gasteiger partial charge on any atom is -0.497 e. The van der Waals surface area contributed by atoms with Gasteiger partial charge in [-0.3, -0.25) is 8.79 Å². The van der Waals surface area contributed by atoms with Crippen molar-refractivity contribution in [2.75, 3.05) is 31.8 Å². The molecule has 126 valence electrons. The Labute approximate surface area is 140 Å². The van der Waals surface area contributed by atoms with Crippen LogP contribution in [0, 0.1) is 5.92 Å². The van der Waals surface area contributed by atoms with Crippen LogP contribution in [0.3, 0.4) is 0 Å². The molecule has 1 aliphatic heterocycles. The zero-order valence-corrected chi connectivity index (χ0v) is 13.8. The summed E-state index contributed by atoms with van der Waals surface area (Å²) < 4.78 is 19.7. The van der Waals surface area contributed by atoms with Gasteiger partial charge in [-0.15, -0.1) is 0 Å². The van der Waals surface area contributed by atoms with Crippen LogP contribution in [0.15, 0.2) is 30.5 Å². The molecule has 0 unspecified atom stereocenters. The summed E-state index contributed by atoms with van der Waals surface area (Å²) in [6.07, 6.45) is 4.77. The van der Waals surface area contributed by atoms with Gasteiger partial charge in [-0.25, -0.2) is 4.98 Å². The molecule has 0 atom stereocenters. The first-order valence-corrected chi connectivity index (χ1v) is 8.42. The molecule has 1 aromatic carbocycles. The summed E-state index contributed by atoms with van der Waals surface area (Å²) in [7, 11) is 1.65. The van der Waals surface area contributed by atoms with Gasteiger partial charge < -0.3 is 9.64 Å². The van der Waals surface area contributed by atoms with E-state index < -0.39 is 0 Å². The number of piperidine rings is 1. The van der Waals surface area contributed by atoms with E-state index in [9.17, 15) is 4.39 Å². The molecular weight excluding hydrogens is 307 g/mol. The Bertz CT molecular complexity index is 855. The lowest BCUT2D eigenvalue weighted by molar-refractivity contribution is 0.332. The maximum Gasteiger partial charge on any atom is 0.236 e. The van der Waals surface area contributed by atoms with Gasteiger partial charge in [-0.05, 0) is 43.4 Å². The van der Waals surface area contributed by atoms with Crippen molar-refractivity contribution in [1.29, 1.82) is 0 Å². The predicted molar refractivity (Wildman–Crippen MR) is 92.6 cm³/mol. The van der Waals surface area contributed by atoms with Crippen molar-refractivity contribution >= 4 is 22.6 Å². The lowest BCUT2D eigenvalue weighted by Gasteiger charge is -2.32. The van der Waals surface area contributed by atoms with Gasteiger partial charge in [0.25, 0.3) is 0 Å². The summed E-state index contributed by atoms with van der Waals surface area (Å²) in [4.78, 5) is 11.6. The lowest BCUT2D eigenvalue weighted by Crippen LogP contribution is -2.34. The van der Waals surface area contributed by atoms with E-state index in [0.29, 0.717) is 18.1 Å². The van der Waals surface area contributed by atoms with Crippen LogP contribution >= 0.6 is 0 Å². The standard InChI is InChI=1S/C18H21FN4O/c1-24-14-2-3-16-15(12-14)20-18-21-17(7-11-23(16)18)22-9-5-13(4-8-19)6-10-22/h2-3,7,11-13H,4-6,8-10H2,1H3. The third-order valence-electron chi connectivity index (χ3n) is 4.92. The van der Waals surface area contributed by atoms with Gasteiger partial charge in [0.15, 0.2) is 0 Å². The SMILES string of the molecule is COc1ccc2c(c1)nc1nc(N3CCC(CCF)CC3)ccn12. The van der Waals surface area contributed by atoms with Crippen LogP contribution in [-0.4, -0.2) is 41.2 Å². The lowest BCUT2D eigenvalue weighted by atomic mass is 9.94. The predicted octanol–water partition coefficient (Wildman–Crippen LogP) is 3.47. The molecule has 0 spiro atoms. The quantitative estimate of drug-likeness (QED) is 0.735. The summed E-state index contributed by atoms with van der Waals surface area (Å²) >= 11 is 0. The van der Waals surface area contributed by atoms with E-state index in [-0.39, 0.29) is 6.67 Å². The Kier molecular flexibility index (Phi) is 3.96. The molecule has 6 heteroatoms. The molecule has 0 bridgehead atoms. The van der Waals surface area contributed by atoms with E-state index in [1.165, 1.54) is 0 Å². The van der Waals surface area contributed by atoms with E-state index in [2.05, 4.69) is 9.88 Å². The molecule has 3 aromatic rings. The zero-order chi connectivity index (χ0) is 16.5. The van der Waals surface area contributed by atoms with E-state index in [1.807, 2.05) is 34.9 Å². The van der Waals surface area contributed by atoms with Crippen molar-refractivity contribution < 1.29 is 9.13 Å². The number of hydrogen-bond donors (Lipinski definition) is 0. The molecule has 4 rings (SSSR count). The van der Waals surface area contributed by atoms with E-state index in [4.69, 9.17) is 9.72 Å². The van der Waals surface area contributed by atoms with E-state index >= 15 is 0 Å². The minimum absolute atomic E-state index is 0.209. The van der Waals surface area contributed by atoms with Gasteiger partial charge in [0.1, 0.15) is 11.6 Å². The van der Waals surface area contributed by atoms with Crippen molar-refractivity contribution in [1.82, 2.24) is 14.4 Å². The highest BCUT2D eigenvalue weighted by Crippen LogP contribution is 2.26. The second-order valence-corrected chi connectivity index (χ2v) is 6.33. The number of anilines is 1. The molecule has 24 heavy (non-hydrogen) atoms. The van der Waals surface area contributed by atoms with Crippen LogP contribution in [-0.2, 0) is 0 Å². The van der Waals surface area contributed by atoms with Crippen molar-refractivity contribution in [3.63, 3.8) is 0 Å². The third kappa shape index (κ3) is 2.66. The van der Waals surface area contributed by atoms with Crippen LogP contribution in [0.25, 0.3) is 16.8 Å². The summed E-state index contributed by atoms with van der Waals surface area (Å²) in [6, 6.07) is 7.89. The first-order chi connectivity index (χ1) is 11.8. The average molecular weight is 328 g/mol. The minimum atomic E-state index is -0.209. The van der Waals surface area contributed by atoms with Crippen LogP contribution in [0.1, 0.15) is 19.3 Å². The molecular formula is C18H21FN4O. The van der Waals surface area contributed by atoms with Crippen molar-refractivity contribution in [2.45, 2.75) is 19.3 Å². The van der Waals surface area contributed by atoms with Crippen LogP contribution in [0.2, 0.25) is 0 Å². The number of fused-ring (bicyclic) bond motifs is 3. The number of benzene rings is 1. The maximum absolute atomic E-state index is 12.5. The first kappa shape index (κ1) is 15.2.